The zero-order valence-corrected chi connectivity index (χ0v) is 14.9. The number of hydrogen-bond donors (Lipinski definition) is 2. The van der Waals surface area contributed by atoms with Crippen LogP contribution >= 0.6 is 0 Å². The first kappa shape index (κ1) is 20.6. The molecule has 0 radical (unpaired) electrons. The fourth-order valence-corrected chi connectivity index (χ4v) is 2.32. The Labute approximate surface area is 132 Å². The number of unbranched alkanes of at least 4 members (excludes halogenated alkanes) is 2. The van der Waals surface area contributed by atoms with E-state index in [1.54, 1.807) is 6.92 Å². The lowest BCUT2D eigenvalue weighted by molar-refractivity contribution is -0.0784. The topological polar surface area (TPSA) is 43.7 Å². The van der Waals surface area contributed by atoms with Gasteiger partial charge in [-0.2, -0.15) is 0 Å². The molecule has 0 saturated carbocycles. The fraction of sp³-hybridized carbons (Fsp3) is 0.889. The highest BCUT2D eigenvalue weighted by atomic mass is 16.3. The number of aliphatic hydroxyl groups is 2. The van der Waals surface area contributed by atoms with Crippen LogP contribution in [0.1, 0.15) is 73.1 Å². The van der Waals surface area contributed by atoms with Gasteiger partial charge in [0, 0.05) is 6.54 Å². The summed E-state index contributed by atoms with van der Waals surface area (Å²) in [5.41, 5.74) is 0.246. The van der Waals surface area contributed by atoms with Crippen LogP contribution in [0.25, 0.3) is 0 Å². The molecule has 3 heteroatoms. The van der Waals surface area contributed by atoms with Gasteiger partial charge in [0.15, 0.2) is 0 Å². The van der Waals surface area contributed by atoms with Gasteiger partial charge < -0.3 is 15.1 Å². The molecule has 0 amide bonds. The lowest BCUT2D eigenvalue weighted by Crippen LogP contribution is -2.47. The molecule has 0 spiro atoms. The Morgan fingerprint density at radius 1 is 1.14 bits per heavy atom. The van der Waals surface area contributed by atoms with Gasteiger partial charge in [-0.3, -0.25) is 0 Å². The smallest absolute Gasteiger partial charge is 0.0950 e. The minimum Gasteiger partial charge on any atom is -0.389 e. The third-order valence-electron chi connectivity index (χ3n) is 4.01. The molecule has 0 heterocycles. The molecule has 0 aromatic carbocycles. The summed E-state index contributed by atoms with van der Waals surface area (Å²) >= 11 is 0. The van der Waals surface area contributed by atoms with Gasteiger partial charge in [0.2, 0.25) is 0 Å². The van der Waals surface area contributed by atoms with E-state index in [4.69, 9.17) is 0 Å². The molecule has 3 nitrogen and oxygen atoms in total. The third-order valence-corrected chi connectivity index (χ3v) is 4.01. The normalized spacial score (nSPS) is 15.8. The first-order valence-electron chi connectivity index (χ1n) is 8.59. The SMILES string of the molecule is CCCCN(CCCC)CC(O)C(C)(O)CCC=C(C)C. The van der Waals surface area contributed by atoms with Crippen LogP contribution in [-0.2, 0) is 0 Å². The minimum absolute atomic E-state index is 0.571. The predicted molar refractivity (Wildman–Crippen MR) is 91.6 cm³/mol. The highest BCUT2D eigenvalue weighted by Gasteiger charge is 2.30. The largest absolute Gasteiger partial charge is 0.389 e. The van der Waals surface area contributed by atoms with Crippen LogP contribution in [0.4, 0.5) is 0 Å². The molecule has 0 bridgehead atoms. The van der Waals surface area contributed by atoms with Crippen LogP contribution in [0.2, 0.25) is 0 Å². The summed E-state index contributed by atoms with van der Waals surface area (Å²) in [6.07, 6.45) is 7.48. The van der Waals surface area contributed by atoms with Crippen LogP contribution in [-0.4, -0.2) is 46.5 Å². The number of aliphatic hydroxyl groups excluding tert-OH is 1. The molecule has 0 aliphatic heterocycles. The molecular formula is C18H37NO2. The quantitative estimate of drug-likeness (QED) is 0.539. The number of rotatable bonds is 12. The van der Waals surface area contributed by atoms with Crippen molar-refractivity contribution in [3.8, 4) is 0 Å². The lowest BCUT2D eigenvalue weighted by Gasteiger charge is -2.33. The van der Waals surface area contributed by atoms with Crippen LogP contribution in [0.5, 0.6) is 0 Å². The molecule has 0 saturated heterocycles. The third kappa shape index (κ3) is 10.0. The van der Waals surface area contributed by atoms with E-state index in [2.05, 4.69) is 38.7 Å². The fourth-order valence-electron chi connectivity index (χ4n) is 2.32. The summed E-state index contributed by atoms with van der Waals surface area (Å²) in [4.78, 5) is 2.30. The predicted octanol–water partition coefficient (Wildman–Crippen LogP) is 3.75. The molecule has 2 atom stereocenters. The summed E-state index contributed by atoms with van der Waals surface area (Å²) in [6.45, 7) is 12.8. The Kier molecular flexibility index (Phi) is 11.0. The van der Waals surface area contributed by atoms with Crippen molar-refractivity contribution in [2.45, 2.75) is 84.8 Å². The van der Waals surface area contributed by atoms with Gasteiger partial charge in [-0.25, -0.2) is 0 Å². The van der Waals surface area contributed by atoms with Gasteiger partial charge in [-0.05, 0) is 59.5 Å². The average molecular weight is 299 g/mol. The summed E-state index contributed by atoms with van der Waals surface area (Å²) in [5, 5.41) is 20.9. The van der Waals surface area contributed by atoms with E-state index in [9.17, 15) is 10.2 Å². The van der Waals surface area contributed by atoms with Crippen LogP contribution in [0, 0.1) is 0 Å². The van der Waals surface area contributed by atoms with Gasteiger partial charge in [-0.15, -0.1) is 0 Å². The molecule has 126 valence electrons. The van der Waals surface area contributed by atoms with Crippen molar-refractivity contribution >= 4 is 0 Å². The van der Waals surface area contributed by atoms with Gasteiger partial charge in [0.05, 0.1) is 11.7 Å². The van der Waals surface area contributed by atoms with E-state index in [0.29, 0.717) is 13.0 Å². The molecule has 21 heavy (non-hydrogen) atoms. The molecule has 0 aromatic rings. The molecule has 2 unspecified atom stereocenters. The Morgan fingerprint density at radius 2 is 1.67 bits per heavy atom. The Bertz CT molecular complexity index is 275. The van der Waals surface area contributed by atoms with Crippen molar-refractivity contribution in [3.05, 3.63) is 11.6 Å². The molecule has 0 fully saturated rings. The molecule has 2 N–H and O–H groups in total. The lowest BCUT2D eigenvalue weighted by atomic mass is 9.92. The maximum atomic E-state index is 10.5. The molecule has 0 aliphatic carbocycles. The van der Waals surface area contributed by atoms with Gasteiger partial charge >= 0.3 is 0 Å². The summed E-state index contributed by atoms with van der Waals surface area (Å²) in [7, 11) is 0. The van der Waals surface area contributed by atoms with E-state index >= 15 is 0 Å². The molecule has 0 aromatic heterocycles. The summed E-state index contributed by atoms with van der Waals surface area (Å²) < 4.78 is 0. The molecule has 0 aliphatic rings. The van der Waals surface area contributed by atoms with Crippen LogP contribution in [0.15, 0.2) is 11.6 Å². The van der Waals surface area contributed by atoms with Crippen molar-refractivity contribution in [3.63, 3.8) is 0 Å². The van der Waals surface area contributed by atoms with E-state index in [-0.39, 0.29) is 0 Å². The number of nitrogens with zero attached hydrogens (tertiary/aromatic N) is 1. The van der Waals surface area contributed by atoms with E-state index < -0.39 is 11.7 Å². The summed E-state index contributed by atoms with van der Waals surface area (Å²) in [5.74, 6) is 0. The van der Waals surface area contributed by atoms with E-state index in [1.165, 1.54) is 5.57 Å². The van der Waals surface area contributed by atoms with Crippen molar-refractivity contribution in [1.29, 1.82) is 0 Å². The molecular weight excluding hydrogens is 262 g/mol. The average Bonchev–Trinajstić information content (AvgIpc) is 2.40. The van der Waals surface area contributed by atoms with Crippen LogP contribution in [0.3, 0.4) is 0 Å². The maximum absolute atomic E-state index is 10.5. The van der Waals surface area contributed by atoms with E-state index in [0.717, 1.165) is 45.2 Å². The van der Waals surface area contributed by atoms with Crippen molar-refractivity contribution in [1.82, 2.24) is 4.90 Å². The van der Waals surface area contributed by atoms with Gasteiger partial charge in [0.25, 0.3) is 0 Å². The highest BCUT2D eigenvalue weighted by molar-refractivity contribution is 4.95. The second-order valence-corrected chi connectivity index (χ2v) is 6.70. The Hall–Kier alpha value is -0.380. The highest BCUT2D eigenvalue weighted by Crippen LogP contribution is 2.19. The van der Waals surface area contributed by atoms with Crippen molar-refractivity contribution in [2.75, 3.05) is 19.6 Å². The maximum Gasteiger partial charge on any atom is 0.0950 e. The van der Waals surface area contributed by atoms with E-state index in [1.807, 2.05) is 0 Å². The number of hydrogen-bond acceptors (Lipinski definition) is 3. The van der Waals surface area contributed by atoms with Crippen molar-refractivity contribution in [2.24, 2.45) is 0 Å². The second-order valence-electron chi connectivity index (χ2n) is 6.70. The van der Waals surface area contributed by atoms with Crippen LogP contribution < -0.4 is 0 Å². The number of allylic oxidation sites excluding steroid dienone is 2. The zero-order valence-electron chi connectivity index (χ0n) is 14.9. The van der Waals surface area contributed by atoms with Gasteiger partial charge in [-0.1, -0.05) is 38.3 Å². The monoisotopic (exact) mass is 299 g/mol. The van der Waals surface area contributed by atoms with Crippen molar-refractivity contribution < 1.29 is 10.2 Å². The minimum atomic E-state index is -1.01. The zero-order chi connectivity index (χ0) is 16.3. The first-order chi connectivity index (χ1) is 9.83. The first-order valence-corrected chi connectivity index (χ1v) is 8.59. The molecule has 0 rings (SSSR count). The standard InChI is InChI=1S/C18H37NO2/c1-6-8-13-19(14-9-7-2)15-17(20)18(5,21)12-10-11-16(3)4/h11,17,20-21H,6-10,12-15H2,1-5H3. The Balaban J connectivity index is 4.40. The Morgan fingerprint density at radius 3 is 2.10 bits per heavy atom. The van der Waals surface area contributed by atoms with Gasteiger partial charge in [0.1, 0.15) is 0 Å². The summed E-state index contributed by atoms with van der Waals surface area (Å²) in [6, 6.07) is 0. The second kappa shape index (κ2) is 11.2.